The molecule has 8 heteroatoms. The molecular formula is C11H5BrCl2N2O3. The normalized spacial score (nSPS) is 10.3. The Labute approximate surface area is 126 Å². The predicted octanol–water partition coefficient (Wildman–Crippen LogP) is 4.04. The van der Waals surface area contributed by atoms with Crippen LogP contribution in [-0.2, 0) is 0 Å². The molecule has 1 N–H and O–H groups in total. The highest BCUT2D eigenvalue weighted by Crippen LogP contribution is 2.35. The Balaban J connectivity index is 2.26. The third kappa shape index (κ3) is 3.34. The maximum absolute atomic E-state index is 10.6. The van der Waals surface area contributed by atoms with E-state index in [0.29, 0.717) is 14.5 Å². The second kappa shape index (κ2) is 5.73. The van der Waals surface area contributed by atoms with E-state index in [1.54, 1.807) is 6.07 Å². The maximum atomic E-state index is 10.6. The zero-order chi connectivity index (χ0) is 14.0. The minimum atomic E-state index is -1.11. The van der Waals surface area contributed by atoms with Crippen LogP contribution in [0.5, 0.6) is 11.8 Å². The second-order valence-electron chi connectivity index (χ2n) is 3.36. The summed E-state index contributed by atoms with van der Waals surface area (Å²) < 4.78 is 5.96. The zero-order valence-electron chi connectivity index (χ0n) is 9.10. The minimum absolute atomic E-state index is 0.0229. The van der Waals surface area contributed by atoms with Crippen LogP contribution >= 0.6 is 39.1 Å². The number of hydrogen-bond donors (Lipinski definition) is 1. The Morgan fingerprint density at radius 3 is 2.42 bits per heavy atom. The Bertz CT molecular complexity index is 635. The number of aromatic carboxylic acids is 1. The van der Waals surface area contributed by atoms with Gasteiger partial charge in [0.15, 0.2) is 5.75 Å². The summed E-state index contributed by atoms with van der Waals surface area (Å²) in [6.07, 6.45) is 2.28. The van der Waals surface area contributed by atoms with E-state index in [2.05, 4.69) is 25.9 Å². The molecule has 0 fully saturated rings. The van der Waals surface area contributed by atoms with E-state index >= 15 is 0 Å². The van der Waals surface area contributed by atoms with Crippen LogP contribution < -0.4 is 4.74 Å². The predicted molar refractivity (Wildman–Crippen MR) is 73.2 cm³/mol. The summed E-state index contributed by atoms with van der Waals surface area (Å²) >= 11 is 15.1. The van der Waals surface area contributed by atoms with Crippen LogP contribution in [-0.4, -0.2) is 21.0 Å². The fraction of sp³-hybridized carbons (Fsp3) is 0. The fourth-order valence-electron chi connectivity index (χ4n) is 1.16. The lowest BCUT2D eigenvalue weighted by molar-refractivity contribution is 0.0696. The van der Waals surface area contributed by atoms with Crippen LogP contribution in [0.2, 0.25) is 10.0 Å². The SMILES string of the molecule is O=C(O)c1cnc(Oc2cc(Cl)c(Br)cc2Cl)nc1. The molecule has 0 spiro atoms. The van der Waals surface area contributed by atoms with Gasteiger partial charge in [0, 0.05) is 22.9 Å². The highest BCUT2D eigenvalue weighted by atomic mass is 79.9. The lowest BCUT2D eigenvalue weighted by Gasteiger charge is -2.07. The molecule has 1 heterocycles. The topological polar surface area (TPSA) is 72.3 Å². The number of carbonyl (C=O) groups is 1. The molecule has 1 aromatic heterocycles. The van der Waals surface area contributed by atoms with Gasteiger partial charge >= 0.3 is 12.0 Å². The van der Waals surface area contributed by atoms with E-state index in [0.717, 1.165) is 12.4 Å². The number of carboxylic acid groups (broad SMARTS) is 1. The largest absolute Gasteiger partial charge is 0.478 e. The summed E-state index contributed by atoms with van der Waals surface area (Å²) in [5.41, 5.74) is -0.0349. The molecule has 0 unspecified atom stereocenters. The van der Waals surface area contributed by atoms with Gasteiger partial charge in [0.1, 0.15) is 0 Å². The van der Waals surface area contributed by atoms with Crippen molar-refractivity contribution in [3.05, 3.63) is 44.6 Å². The summed E-state index contributed by atoms with van der Waals surface area (Å²) in [4.78, 5) is 18.2. The standard InChI is InChI=1S/C11H5BrCl2N2O3/c12-6-1-8(14)9(2-7(6)13)19-11-15-3-5(4-16-11)10(17)18/h1-4H,(H,17,18). The monoisotopic (exact) mass is 362 g/mol. The Morgan fingerprint density at radius 2 is 1.84 bits per heavy atom. The van der Waals surface area contributed by atoms with Crippen molar-refractivity contribution in [1.82, 2.24) is 9.97 Å². The molecular weight excluding hydrogens is 359 g/mol. The van der Waals surface area contributed by atoms with E-state index in [1.807, 2.05) is 0 Å². The average Bonchev–Trinajstić information content (AvgIpc) is 2.36. The van der Waals surface area contributed by atoms with Crippen LogP contribution in [0.15, 0.2) is 29.0 Å². The molecule has 0 bridgehead atoms. The van der Waals surface area contributed by atoms with Gasteiger partial charge in [0.05, 0.1) is 15.6 Å². The lowest BCUT2D eigenvalue weighted by Crippen LogP contribution is -2.00. The first-order valence-electron chi connectivity index (χ1n) is 4.85. The van der Waals surface area contributed by atoms with Gasteiger partial charge in [-0.25, -0.2) is 14.8 Å². The molecule has 2 rings (SSSR count). The van der Waals surface area contributed by atoms with Gasteiger partial charge in [-0.15, -0.1) is 0 Å². The quantitative estimate of drug-likeness (QED) is 0.833. The number of benzene rings is 1. The Kier molecular flexibility index (Phi) is 4.24. The van der Waals surface area contributed by atoms with Gasteiger partial charge in [0.2, 0.25) is 0 Å². The zero-order valence-corrected chi connectivity index (χ0v) is 12.2. The van der Waals surface area contributed by atoms with Gasteiger partial charge < -0.3 is 9.84 Å². The summed E-state index contributed by atoms with van der Waals surface area (Å²) in [6.45, 7) is 0. The molecule has 0 aliphatic rings. The molecule has 0 aliphatic carbocycles. The molecule has 2 aromatic rings. The van der Waals surface area contributed by atoms with Crippen molar-refractivity contribution in [2.45, 2.75) is 0 Å². The van der Waals surface area contributed by atoms with E-state index in [4.69, 9.17) is 33.0 Å². The summed E-state index contributed by atoms with van der Waals surface area (Å²) in [7, 11) is 0. The molecule has 0 saturated heterocycles. The summed E-state index contributed by atoms with van der Waals surface area (Å²) in [6, 6.07) is 3.05. The van der Waals surface area contributed by atoms with Gasteiger partial charge in [-0.2, -0.15) is 0 Å². The van der Waals surface area contributed by atoms with E-state index in [-0.39, 0.29) is 17.3 Å². The first-order chi connectivity index (χ1) is 8.97. The summed E-state index contributed by atoms with van der Waals surface area (Å²) in [5.74, 6) is -0.839. The number of hydrogen-bond acceptors (Lipinski definition) is 4. The van der Waals surface area contributed by atoms with Gasteiger partial charge in [-0.1, -0.05) is 23.2 Å². The Morgan fingerprint density at radius 1 is 1.21 bits per heavy atom. The van der Waals surface area contributed by atoms with Crippen LogP contribution in [0.1, 0.15) is 10.4 Å². The van der Waals surface area contributed by atoms with Crippen LogP contribution in [0, 0.1) is 0 Å². The molecule has 98 valence electrons. The van der Waals surface area contributed by atoms with Crippen LogP contribution in [0.25, 0.3) is 0 Å². The Hall–Kier alpha value is -1.37. The van der Waals surface area contributed by atoms with Crippen molar-refractivity contribution in [2.24, 2.45) is 0 Å². The van der Waals surface area contributed by atoms with E-state index in [1.165, 1.54) is 6.07 Å². The van der Waals surface area contributed by atoms with Crippen molar-refractivity contribution < 1.29 is 14.6 Å². The molecule has 19 heavy (non-hydrogen) atoms. The van der Waals surface area contributed by atoms with Crippen LogP contribution in [0.4, 0.5) is 0 Å². The molecule has 0 radical (unpaired) electrons. The molecule has 5 nitrogen and oxygen atoms in total. The van der Waals surface area contributed by atoms with Crippen molar-refractivity contribution in [1.29, 1.82) is 0 Å². The molecule has 0 aliphatic heterocycles. The number of nitrogens with zero attached hydrogens (tertiary/aromatic N) is 2. The molecule has 0 saturated carbocycles. The van der Waals surface area contributed by atoms with Crippen molar-refractivity contribution in [2.75, 3.05) is 0 Å². The van der Waals surface area contributed by atoms with Crippen molar-refractivity contribution in [3.8, 4) is 11.8 Å². The van der Waals surface area contributed by atoms with Crippen molar-refractivity contribution in [3.63, 3.8) is 0 Å². The van der Waals surface area contributed by atoms with E-state index < -0.39 is 5.97 Å². The van der Waals surface area contributed by atoms with Crippen LogP contribution in [0.3, 0.4) is 0 Å². The van der Waals surface area contributed by atoms with Gasteiger partial charge in [-0.3, -0.25) is 0 Å². The average molecular weight is 364 g/mol. The summed E-state index contributed by atoms with van der Waals surface area (Å²) in [5, 5.41) is 9.45. The number of aromatic nitrogens is 2. The number of halogens is 3. The molecule has 0 amide bonds. The third-order valence-electron chi connectivity index (χ3n) is 2.05. The third-order valence-corrected chi connectivity index (χ3v) is 3.54. The first kappa shape index (κ1) is 14.0. The molecule has 0 atom stereocenters. The first-order valence-corrected chi connectivity index (χ1v) is 6.40. The maximum Gasteiger partial charge on any atom is 0.338 e. The second-order valence-corrected chi connectivity index (χ2v) is 5.03. The highest BCUT2D eigenvalue weighted by molar-refractivity contribution is 9.10. The number of rotatable bonds is 3. The van der Waals surface area contributed by atoms with Gasteiger partial charge in [0.25, 0.3) is 0 Å². The number of carboxylic acids is 1. The number of ether oxygens (including phenoxy) is 1. The highest BCUT2D eigenvalue weighted by Gasteiger charge is 2.10. The van der Waals surface area contributed by atoms with E-state index in [9.17, 15) is 4.79 Å². The van der Waals surface area contributed by atoms with Gasteiger partial charge in [-0.05, 0) is 22.0 Å². The van der Waals surface area contributed by atoms with Crippen molar-refractivity contribution >= 4 is 45.1 Å². The molecule has 1 aromatic carbocycles. The smallest absolute Gasteiger partial charge is 0.338 e. The fourth-order valence-corrected chi connectivity index (χ4v) is 1.99. The lowest BCUT2D eigenvalue weighted by atomic mass is 10.3. The minimum Gasteiger partial charge on any atom is -0.478 e.